The van der Waals surface area contributed by atoms with Crippen LogP contribution in [0.3, 0.4) is 0 Å². The van der Waals surface area contributed by atoms with E-state index < -0.39 is 0 Å². The van der Waals surface area contributed by atoms with E-state index in [1.54, 1.807) is 24.3 Å². The van der Waals surface area contributed by atoms with Crippen molar-refractivity contribution in [3.05, 3.63) is 69.2 Å². The van der Waals surface area contributed by atoms with Crippen LogP contribution in [0, 0.1) is 13.8 Å². The Labute approximate surface area is 172 Å². The summed E-state index contributed by atoms with van der Waals surface area (Å²) in [4.78, 5) is 26.6. The smallest absolute Gasteiger partial charge is 0.252 e. The maximum atomic E-state index is 12.5. The van der Waals surface area contributed by atoms with Crippen LogP contribution in [0.15, 0.2) is 36.4 Å². The summed E-state index contributed by atoms with van der Waals surface area (Å²) in [7, 11) is 4.01. The highest BCUT2D eigenvalue weighted by molar-refractivity contribution is 6.33. The topological polar surface area (TPSA) is 49.4 Å². The normalized spacial score (nSPS) is 12.1. The number of hydrogen-bond donors (Lipinski definition) is 1. The van der Waals surface area contributed by atoms with Gasteiger partial charge in [-0.15, -0.1) is 0 Å². The Morgan fingerprint density at radius 1 is 1.11 bits per heavy atom. The molecule has 5 heteroatoms. The van der Waals surface area contributed by atoms with Crippen molar-refractivity contribution in [2.24, 2.45) is 0 Å². The molecule has 0 aliphatic rings. The van der Waals surface area contributed by atoms with Crippen LogP contribution in [0.2, 0.25) is 5.02 Å². The summed E-state index contributed by atoms with van der Waals surface area (Å²) >= 11 is 6.12. The maximum absolute atomic E-state index is 12.5. The third-order valence-electron chi connectivity index (χ3n) is 5.13. The highest BCUT2D eigenvalue weighted by Crippen LogP contribution is 2.21. The second-order valence-corrected chi connectivity index (χ2v) is 7.78. The van der Waals surface area contributed by atoms with Gasteiger partial charge < -0.3 is 10.2 Å². The van der Waals surface area contributed by atoms with Crippen LogP contribution >= 0.6 is 11.6 Å². The number of Topliss-reactive ketones (excluding diaryl/α,β-unsaturated/α-hetero) is 1. The summed E-state index contributed by atoms with van der Waals surface area (Å²) in [5, 5.41) is 3.45. The minimum absolute atomic E-state index is 0.122. The van der Waals surface area contributed by atoms with Crippen molar-refractivity contribution in [1.82, 2.24) is 10.2 Å². The average molecular weight is 401 g/mol. The van der Waals surface area contributed by atoms with Crippen LogP contribution in [0.4, 0.5) is 0 Å². The van der Waals surface area contributed by atoms with E-state index in [1.807, 2.05) is 47.0 Å². The molecule has 4 nitrogen and oxygen atoms in total. The van der Waals surface area contributed by atoms with Gasteiger partial charge in [-0.3, -0.25) is 9.59 Å². The SMILES string of the molecule is CCC(=O)c1cc(C)c(C[C@@H](CNC(=O)c2ccccc2Cl)N(C)C)c(C)c1. The quantitative estimate of drug-likeness (QED) is 0.666. The molecule has 0 saturated carbocycles. The lowest BCUT2D eigenvalue weighted by atomic mass is 9.92. The van der Waals surface area contributed by atoms with Crippen LogP contribution < -0.4 is 5.32 Å². The van der Waals surface area contributed by atoms with Gasteiger partial charge in [0.25, 0.3) is 5.91 Å². The molecule has 1 atom stereocenters. The second-order valence-electron chi connectivity index (χ2n) is 7.38. The van der Waals surface area contributed by atoms with Gasteiger partial charge in [0.15, 0.2) is 5.78 Å². The number of carbonyl (C=O) groups is 2. The van der Waals surface area contributed by atoms with Crippen molar-refractivity contribution < 1.29 is 9.59 Å². The van der Waals surface area contributed by atoms with E-state index in [1.165, 1.54) is 5.56 Å². The van der Waals surface area contributed by atoms with Crippen LogP contribution in [0.1, 0.15) is 50.8 Å². The Morgan fingerprint density at radius 2 is 1.71 bits per heavy atom. The third-order valence-corrected chi connectivity index (χ3v) is 5.46. The molecule has 28 heavy (non-hydrogen) atoms. The van der Waals surface area contributed by atoms with Crippen LogP contribution in [0.25, 0.3) is 0 Å². The predicted molar refractivity (Wildman–Crippen MR) is 116 cm³/mol. The lowest BCUT2D eigenvalue weighted by Crippen LogP contribution is -2.42. The summed E-state index contributed by atoms with van der Waals surface area (Å²) in [6.07, 6.45) is 1.29. The molecule has 2 aromatic carbocycles. The number of halogens is 1. The van der Waals surface area contributed by atoms with Crippen LogP contribution in [-0.4, -0.2) is 43.3 Å². The first-order valence-corrected chi connectivity index (χ1v) is 9.94. The molecule has 0 radical (unpaired) electrons. The number of rotatable bonds is 8. The third kappa shape index (κ3) is 5.43. The largest absolute Gasteiger partial charge is 0.350 e. The number of aryl methyl sites for hydroxylation is 2. The number of likely N-dealkylation sites (N-methyl/N-ethyl adjacent to an activating group) is 1. The molecule has 0 spiro atoms. The molecular weight excluding hydrogens is 372 g/mol. The van der Waals surface area contributed by atoms with E-state index in [2.05, 4.69) is 10.2 Å². The van der Waals surface area contributed by atoms with Crippen molar-refractivity contribution >= 4 is 23.3 Å². The van der Waals surface area contributed by atoms with Gasteiger partial charge in [0, 0.05) is 24.6 Å². The van der Waals surface area contributed by atoms with E-state index in [-0.39, 0.29) is 17.7 Å². The lowest BCUT2D eigenvalue weighted by molar-refractivity contribution is 0.0940. The summed E-state index contributed by atoms with van der Waals surface area (Å²) in [6.45, 7) is 6.48. The fraction of sp³-hybridized carbons (Fsp3) is 0.391. The number of nitrogens with zero attached hydrogens (tertiary/aromatic N) is 1. The average Bonchev–Trinajstić information content (AvgIpc) is 2.65. The highest BCUT2D eigenvalue weighted by Gasteiger charge is 2.18. The maximum Gasteiger partial charge on any atom is 0.252 e. The van der Waals surface area contributed by atoms with Crippen molar-refractivity contribution in [3.63, 3.8) is 0 Å². The Kier molecular flexibility index (Phi) is 7.78. The van der Waals surface area contributed by atoms with Crippen molar-refractivity contribution in [3.8, 4) is 0 Å². The number of nitrogens with one attached hydrogen (secondary N) is 1. The molecule has 0 fully saturated rings. The van der Waals surface area contributed by atoms with E-state index in [4.69, 9.17) is 11.6 Å². The number of benzene rings is 2. The molecule has 1 N–H and O–H groups in total. The zero-order chi connectivity index (χ0) is 20.8. The molecular formula is C23H29ClN2O2. The van der Waals surface area contributed by atoms with Gasteiger partial charge >= 0.3 is 0 Å². The summed E-state index contributed by atoms with van der Waals surface area (Å²) in [5.41, 5.74) is 4.70. The van der Waals surface area contributed by atoms with E-state index in [0.717, 1.165) is 23.1 Å². The highest BCUT2D eigenvalue weighted by atomic mass is 35.5. The van der Waals surface area contributed by atoms with E-state index in [0.29, 0.717) is 23.6 Å². The first-order valence-electron chi connectivity index (χ1n) is 9.57. The fourth-order valence-electron chi connectivity index (χ4n) is 3.30. The molecule has 0 unspecified atom stereocenters. The number of ketones is 1. The monoisotopic (exact) mass is 400 g/mol. The Morgan fingerprint density at radius 3 is 2.25 bits per heavy atom. The Hall–Kier alpha value is -2.17. The van der Waals surface area contributed by atoms with Gasteiger partial charge in [0.1, 0.15) is 0 Å². The van der Waals surface area contributed by atoms with Crippen molar-refractivity contribution in [2.75, 3.05) is 20.6 Å². The minimum Gasteiger partial charge on any atom is -0.350 e. The van der Waals surface area contributed by atoms with Gasteiger partial charge in [-0.2, -0.15) is 0 Å². The van der Waals surface area contributed by atoms with Gasteiger partial charge in [-0.1, -0.05) is 30.7 Å². The zero-order valence-corrected chi connectivity index (χ0v) is 18.1. The van der Waals surface area contributed by atoms with Gasteiger partial charge in [-0.25, -0.2) is 0 Å². The number of amides is 1. The zero-order valence-electron chi connectivity index (χ0n) is 17.3. The van der Waals surface area contributed by atoms with E-state index in [9.17, 15) is 9.59 Å². The summed E-state index contributed by atoms with van der Waals surface area (Å²) in [6, 6.07) is 11.1. The second kappa shape index (κ2) is 9.85. The molecule has 0 saturated heterocycles. The standard InChI is InChI=1S/C23H29ClN2O2/c1-6-22(27)17-11-15(2)20(16(3)12-17)13-18(26(4)5)14-25-23(28)19-9-7-8-10-21(19)24/h7-12,18H,6,13-14H2,1-5H3,(H,25,28)/t18-/m0/s1. The Bertz CT molecular complexity index is 838. The first-order chi connectivity index (χ1) is 13.2. The molecule has 2 aromatic rings. The van der Waals surface area contributed by atoms with Gasteiger partial charge in [0.2, 0.25) is 0 Å². The minimum atomic E-state index is -0.171. The van der Waals surface area contributed by atoms with Crippen molar-refractivity contribution in [1.29, 1.82) is 0 Å². The van der Waals surface area contributed by atoms with Gasteiger partial charge in [-0.05, 0) is 75.3 Å². The van der Waals surface area contributed by atoms with Crippen LogP contribution in [-0.2, 0) is 6.42 Å². The van der Waals surface area contributed by atoms with Gasteiger partial charge in [0.05, 0.1) is 10.6 Å². The van der Waals surface area contributed by atoms with E-state index >= 15 is 0 Å². The van der Waals surface area contributed by atoms with Crippen LogP contribution in [0.5, 0.6) is 0 Å². The molecule has 150 valence electrons. The molecule has 0 aromatic heterocycles. The molecule has 1 amide bonds. The molecule has 2 rings (SSSR count). The Balaban J connectivity index is 2.14. The lowest BCUT2D eigenvalue weighted by Gasteiger charge is -2.26. The first kappa shape index (κ1) is 22.1. The summed E-state index contributed by atoms with van der Waals surface area (Å²) < 4.78 is 0. The molecule has 0 heterocycles. The molecule has 0 aliphatic heterocycles. The number of carbonyl (C=O) groups excluding carboxylic acids is 2. The summed E-state index contributed by atoms with van der Waals surface area (Å²) in [5.74, 6) is -0.0105. The fourth-order valence-corrected chi connectivity index (χ4v) is 3.53. The molecule has 0 aliphatic carbocycles. The number of hydrogen-bond acceptors (Lipinski definition) is 3. The van der Waals surface area contributed by atoms with Crippen molar-refractivity contribution in [2.45, 2.75) is 39.7 Å². The predicted octanol–water partition coefficient (Wildman–Crippen LogP) is 4.45. The molecule has 0 bridgehead atoms.